The molecule has 1 aliphatic rings. The second kappa shape index (κ2) is 6.61. The number of nitrogens with two attached hydrogens (primary N) is 1. The lowest BCUT2D eigenvalue weighted by atomic mass is 9.86. The number of nitrogens with zero attached hydrogens (tertiary/aromatic N) is 1. The number of nitrogen functional groups attached to an aromatic ring is 1. The van der Waals surface area contributed by atoms with Gasteiger partial charge >= 0.3 is 5.97 Å². The molecule has 0 aliphatic carbocycles. The lowest BCUT2D eigenvalue weighted by Gasteiger charge is -2.36. The summed E-state index contributed by atoms with van der Waals surface area (Å²) in [4.78, 5) is 33.7. The largest absolute Gasteiger partial charge is 0.481 e. The van der Waals surface area contributed by atoms with Crippen molar-refractivity contribution in [2.75, 3.05) is 18.9 Å². The Morgan fingerprint density at radius 3 is 2.61 bits per heavy atom. The van der Waals surface area contributed by atoms with Crippen LogP contribution in [0.25, 0.3) is 0 Å². The molecule has 1 aliphatic heterocycles. The van der Waals surface area contributed by atoms with Gasteiger partial charge in [0.15, 0.2) is 0 Å². The molecule has 124 valence electrons. The van der Waals surface area contributed by atoms with E-state index in [9.17, 15) is 19.7 Å². The Bertz CT molecular complexity index is 639. The molecule has 0 bridgehead atoms. The first-order chi connectivity index (χ1) is 10.8. The number of nitro groups is 1. The number of benzene rings is 1. The third-order valence-electron chi connectivity index (χ3n) is 3.81. The number of ether oxygens (including phenoxy) is 1. The molecule has 0 spiro atoms. The molecule has 4 N–H and O–H groups in total. The van der Waals surface area contributed by atoms with E-state index in [1.807, 2.05) is 0 Å². The molecular formula is C14H17N3O6. The van der Waals surface area contributed by atoms with Gasteiger partial charge in [-0.1, -0.05) is 0 Å². The zero-order valence-corrected chi connectivity index (χ0v) is 12.3. The highest BCUT2D eigenvalue weighted by molar-refractivity contribution is 5.96. The standard InChI is InChI=1S/C14H17N3O6/c15-10-2-1-9(7-11(10)17(21)22)13(20)16-14(8-12(18)19)3-5-23-6-4-14/h1-2,7H,3-6,8,15H2,(H,16,20)(H,18,19). The van der Waals surface area contributed by atoms with Crippen molar-refractivity contribution in [3.63, 3.8) is 0 Å². The van der Waals surface area contributed by atoms with E-state index in [-0.39, 0.29) is 23.4 Å². The lowest BCUT2D eigenvalue weighted by Crippen LogP contribution is -2.53. The summed E-state index contributed by atoms with van der Waals surface area (Å²) in [6, 6.07) is 3.73. The first kappa shape index (κ1) is 16.7. The first-order valence-corrected chi connectivity index (χ1v) is 6.99. The minimum atomic E-state index is -1.03. The van der Waals surface area contributed by atoms with Crippen LogP contribution in [0.2, 0.25) is 0 Å². The van der Waals surface area contributed by atoms with Crippen molar-refractivity contribution in [3.05, 3.63) is 33.9 Å². The number of aliphatic carboxylic acids is 1. The van der Waals surface area contributed by atoms with Crippen LogP contribution in [-0.4, -0.2) is 40.7 Å². The zero-order valence-electron chi connectivity index (χ0n) is 12.3. The van der Waals surface area contributed by atoms with Crippen molar-refractivity contribution in [1.29, 1.82) is 0 Å². The molecule has 9 nitrogen and oxygen atoms in total. The van der Waals surface area contributed by atoms with Crippen LogP contribution in [0.3, 0.4) is 0 Å². The van der Waals surface area contributed by atoms with Gasteiger partial charge in [-0.3, -0.25) is 19.7 Å². The van der Waals surface area contributed by atoms with Crippen LogP contribution in [0.15, 0.2) is 18.2 Å². The molecule has 1 aromatic rings. The van der Waals surface area contributed by atoms with E-state index in [4.69, 9.17) is 15.6 Å². The molecule has 1 heterocycles. The fourth-order valence-electron chi connectivity index (χ4n) is 2.55. The molecule has 0 atom stereocenters. The monoisotopic (exact) mass is 323 g/mol. The summed E-state index contributed by atoms with van der Waals surface area (Å²) in [6.45, 7) is 0.685. The number of carboxylic acids is 1. The molecule has 0 aromatic heterocycles. The predicted molar refractivity (Wildman–Crippen MR) is 80.0 cm³/mol. The smallest absolute Gasteiger partial charge is 0.305 e. The predicted octanol–water partition coefficient (Wildman–Crippen LogP) is 0.931. The van der Waals surface area contributed by atoms with Crippen LogP contribution in [0.1, 0.15) is 29.6 Å². The maximum absolute atomic E-state index is 12.4. The molecule has 0 saturated carbocycles. The summed E-state index contributed by atoms with van der Waals surface area (Å²) < 4.78 is 5.21. The first-order valence-electron chi connectivity index (χ1n) is 6.99. The lowest BCUT2D eigenvalue weighted by molar-refractivity contribution is -0.383. The number of carbonyl (C=O) groups excluding carboxylic acids is 1. The van der Waals surface area contributed by atoms with E-state index in [1.54, 1.807) is 0 Å². The molecular weight excluding hydrogens is 306 g/mol. The van der Waals surface area contributed by atoms with Gasteiger partial charge in [-0.25, -0.2) is 0 Å². The minimum absolute atomic E-state index is 0.0436. The van der Waals surface area contributed by atoms with Crippen molar-refractivity contribution in [2.24, 2.45) is 0 Å². The maximum atomic E-state index is 12.4. The van der Waals surface area contributed by atoms with Crippen LogP contribution >= 0.6 is 0 Å². The second-order valence-corrected chi connectivity index (χ2v) is 5.45. The van der Waals surface area contributed by atoms with E-state index in [1.165, 1.54) is 12.1 Å². The van der Waals surface area contributed by atoms with Crippen molar-refractivity contribution in [1.82, 2.24) is 5.32 Å². The van der Waals surface area contributed by atoms with E-state index in [2.05, 4.69) is 5.32 Å². The number of anilines is 1. The fourth-order valence-corrected chi connectivity index (χ4v) is 2.55. The molecule has 2 rings (SSSR count). The van der Waals surface area contributed by atoms with Crippen LogP contribution in [0.4, 0.5) is 11.4 Å². The quantitative estimate of drug-likeness (QED) is 0.415. The molecule has 1 amide bonds. The number of hydrogen-bond donors (Lipinski definition) is 3. The number of nitrogens with one attached hydrogen (secondary N) is 1. The van der Waals surface area contributed by atoms with Gasteiger partial charge in [-0.2, -0.15) is 0 Å². The summed E-state index contributed by atoms with van der Waals surface area (Å²) in [7, 11) is 0. The van der Waals surface area contributed by atoms with Crippen LogP contribution in [-0.2, 0) is 9.53 Å². The van der Waals surface area contributed by atoms with Crippen LogP contribution < -0.4 is 11.1 Å². The zero-order chi connectivity index (χ0) is 17.0. The van der Waals surface area contributed by atoms with Gasteiger partial charge in [-0.05, 0) is 25.0 Å². The number of carboxylic acid groups (broad SMARTS) is 1. The highest BCUT2D eigenvalue weighted by Gasteiger charge is 2.36. The average molecular weight is 323 g/mol. The highest BCUT2D eigenvalue weighted by Crippen LogP contribution is 2.27. The third kappa shape index (κ3) is 3.95. The van der Waals surface area contributed by atoms with Crippen molar-refractivity contribution in [2.45, 2.75) is 24.8 Å². The van der Waals surface area contributed by atoms with E-state index in [0.717, 1.165) is 6.07 Å². The van der Waals surface area contributed by atoms with Gasteiger partial charge in [0.2, 0.25) is 0 Å². The molecule has 1 fully saturated rings. The minimum Gasteiger partial charge on any atom is -0.481 e. The van der Waals surface area contributed by atoms with E-state index >= 15 is 0 Å². The fraction of sp³-hybridized carbons (Fsp3) is 0.429. The SMILES string of the molecule is Nc1ccc(C(=O)NC2(CC(=O)O)CCOCC2)cc1[N+](=O)[O-]. The van der Waals surface area contributed by atoms with Gasteiger partial charge in [0.05, 0.1) is 16.9 Å². The third-order valence-corrected chi connectivity index (χ3v) is 3.81. The Hall–Kier alpha value is -2.68. The summed E-state index contributed by atoms with van der Waals surface area (Å²) in [6.07, 6.45) is 0.489. The number of rotatable bonds is 5. The topological polar surface area (TPSA) is 145 Å². The van der Waals surface area contributed by atoms with Gasteiger partial charge < -0.3 is 20.9 Å². The molecule has 9 heteroatoms. The van der Waals surface area contributed by atoms with Crippen molar-refractivity contribution >= 4 is 23.3 Å². The normalized spacial score (nSPS) is 16.5. The summed E-state index contributed by atoms with van der Waals surface area (Å²) in [5.74, 6) is -1.60. The summed E-state index contributed by atoms with van der Waals surface area (Å²) >= 11 is 0. The number of carbonyl (C=O) groups is 2. The number of amides is 1. The van der Waals surface area contributed by atoms with E-state index < -0.39 is 22.3 Å². The maximum Gasteiger partial charge on any atom is 0.305 e. The number of hydrogen-bond acceptors (Lipinski definition) is 6. The van der Waals surface area contributed by atoms with Crippen LogP contribution in [0.5, 0.6) is 0 Å². The summed E-state index contributed by atoms with van der Waals surface area (Å²) in [5, 5.41) is 22.7. The Labute approximate surface area is 131 Å². The van der Waals surface area contributed by atoms with Gasteiger partial charge in [0.1, 0.15) is 5.69 Å². The van der Waals surface area contributed by atoms with Crippen molar-refractivity contribution < 1.29 is 24.4 Å². The molecule has 23 heavy (non-hydrogen) atoms. The average Bonchev–Trinajstić information content (AvgIpc) is 2.47. The second-order valence-electron chi connectivity index (χ2n) is 5.45. The van der Waals surface area contributed by atoms with Gasteiger partial charge in [0, 0.05) is 24.8 Å². The van der Waals surface area contributed by atoms with Crippen molar-refractivity contribution in [3.8, 4) is 0 Å². The molecule has 0 unspecified atom stereocenters. The molecule has 0 radical (unpaired) electrons. The van der Waals surface area contributed by atoms with Gasteiger partial charge in [0.25, 0.3) is 11.6 Å². The van der Waals surface area contributed by atoms with Gasteiger partial charge in [-0.15, -0.1) is 0 Å². The highest BCUT2D eigenvalue weighted by atomic mass is 16.6. The Balaban J connectivity index is 2.23. The van der Waals surface area contributed by atoms with E-state index in [0.29, 0.717) is 26.1 Å². The van der Waals surface area contributed by atoms with Crippen LogP contribution in [0, 0.1) is 10.1 Å². The molecule has 1 aromatic carbocycles. The Morgan fingerprint density at radius 1 is 1.39 bits per heavy atom. The molecule has 1 saturated heterocycles. The Kier molecular flexibility index (Phi) is 4.80. The summed E-state index contributed by atoms with van der Waals surface area (Å²) in [5.41, 5.74) is 4.23. The number of nitro benzene ring substituents is 1. The Morgan fingerprint density at radius 2 is 2.04 bits per heavy atom.